The van der Waals surface area contributed by atoms with Crippen LogP contribution in [0.1, 0.15) is 27.8 Å². The van der Waals surface area contributed by atoms with Crippen molar-refractivity contribution in [3.8, 4) is 0 Å². The molecule has 1 aromatic rings. The molecule has 62 valence electrons. The molecule has 0 amide bonds. The minimum Gasteiger partial charge on any atom is -0.196 e. The summed E-state index contributed by atoms with van der Waals surface area (Å²) in [6.07, 6.45) is 0. The molecule has 0 radical (unpaired) electrons. The fraction of sp³-hybridized carbons (Fsp3) is 0.500. The minimum atomic E-state index is 0. The van der Waals surface area contributed by atoms with Crippen LogP contribution < -0.4 is 0 Å². The van der Waals surface area contributed by atoms with Gasteiger partial charge < -0.3 is 0 Å². The summed E-state index contributed by atoms with van der Waals surface area (Å²) in [4.78, 5) is 0. The Balaban J connectivity index is 0.000001000. The summed E-state index contributed by atoms with van der Waals surface area (Å²) in [6, 6.07) is 0. The Labute approximate surface area is 83.6 Å². The van der Waals surface area contributed by atoms with Crippen LogP contribution in [-0.4, -0.2) is 0 Å². The molecule has 0 aliphatic rings. The van der Waals surface area contributed by atoms with Crippen molar-refractivity contribution in [1.29, 1.82) is 0 Å². The zero-order chi connectivity index (χ0) is 7.89. The van der Waals surface area contributed by atoms with Crippen molar-refractivity contribution in [3.63, 3.8) is 0 Å². The van der Waals surface area contributed by atoms with Gasteiger partial charge in [-0.1, -0.05) is 34.6 Å². The van der Waals surface area contributed by atoms with Gasteiger partial charge >= 0.3 is 0 Å². The van der Waals surface area contributed by atoms with Crippen molar-refractivity contribution >= 4 is 0 Å². The number of hydrogen-bond donors (Lipinski definition) is 0. The molecule has 0 atom stereocenters. The maximum absolute atomic E-state index is 2.20. The standard InChI is InChI=1S/C10H15.Mo/c1-6-7(2)9(4)10(5)8(6)3;/h1-5H3;/q-1;. The molecule has 0 spiro atoms. The van der Waals surface area contributed by atoms with Crippen LogP contribution in [0.4, 0.5) is 0 Å². The van der Waals surface area contributed by atoms with E-state index < -0.39 is 0 Å². The molecule has 1 aromatic carbocycles. The molecule has 11 heavy (non-hydrogen) atoms. The Hall–Kier alpha value is 0.0383. The van der Waals surface area contributed by atoms with E-state index in [0.29, 0.717) is 0 Å². The number of rotatable bonds is 0. The maximum Gasteiger partial charge on any atom is 0 e. The zero-order valence-electron chi connectivity index (χ0n) is 7.91. The van der Waals surface area contributed by atoms with E-state index in [0.717, 1.165) is 0 Å². The molecule has 0 N–H and O–H groups in total. The van der Waals surface area contributed by atoms with Crippen LogP contribution in [0.15, 0.2) is 0 Å². The third-order valence-electron chi connectivity index (χ3n) is 2.81. The van der Waals surface area contributed by atoms with Crippen molar-refractivity contribution < 1.29 is 21.1 Å². The Bertz CT molecular complexity index is 176. The molecule has 0 aromatic heterocycles. The van der Waals surface area contributed by atoms with E-state index in [1.807, 2.05) is 0 Å². The quantitative estimate of drug-likeness (QED) is 0.475. The van der Waals surface area contributed by atoms with E-state index in [4.69, 9.17) is 0 Å². The van der Waals surface area contributed by atoms with Crippen molar-refractivity contribution in [2.45, 2.75) is 34.6 Å². The van der Waals surface area contributed by atoms with Crippen LogP contribution in [0, 0.1) is 34.6 Å². The van der Waals surface area contributed by atoms with Gasteiger partial charge in [0.2, 0.25) is 0 Å². The Morgan fingerprint density at radius 2 is 1.09 bits per heavy atom. The van der Waals surface area contributed by atoms with E-state index in [9.17, 15) is 0 Å². The predicted octanol–water partition coefficient (Wildman–Crippen LogP) is 2.95. The van der Waals surface area contributed by atoms with E-state index in [1.54, 1.807) is 0 Å². The third kappa shape index (κ3) is 1.62. The summed E-state index contributed by atoms with van der Waals surface area (Å²) in [5.74, 6) is 0. The molecule has 0 aliphatic carbocycles. The second-order valence-electron chi connectivity index (χ2n) is 3.12. The van der Waals surface area contributed by atoms with Gasteiger partial charge in [0.15, 0.2) is 0 Å². The largest absolute Gasteiger partial charge is 0.196 e. The van der Waals surface area contributed by atoms with Crippen LogP contribution in [-0.2, 0) is 21.1 Å². The van der Waals surface area contributed by atoms with Gasteiger partial charge in [-0.2, -0.15) is 27.8 Å². The smallest absolute Gasteiger partial charge is 0 e. The molecule has 0 bridgehead atoms. The summed E-state index contributed by atoms with van der Waals surface area (Å²) < 4.78 is 0. The van der Waals surface area contributed by atoms with Crippen molar-refractivity contribution in [3.05, 3.63) is 27.8 Å². The maximum atomic E-state index is 2.20. The molecule has 0 nitrogen and oxygen atoms in total. The average molecular weight is 231 g/mol. The summed E-state index contributed by atoms with van der Waals surface area (Å²) >= 11 is 0. The Morgan fingerprint density at radius 3 is 1.18 bits per heavy atom. The fourth-order valence-corrected chi connectivity index (χ4v) is 1.41. The molecule has 0 aliphatic heterocycles. The van der Waals surface area contributed by atoms with Gasteiger partial charge in [0.25, 0.3) is 0 Å². The fourth-order valence-electron chi connectivity index (χ4n) is 1.41. The number of hydrogen-bond acceptors (Lipinski definition) is 0. The van der Waals surface area contributed by atoms with Crippen molar-refractivity contribution in [2.24, 2.45) is 0 Å². The van der Waals surface area contributed by atoms with Gasteiger partial charge in [-0.05, 0) is 0 Å². The van der Waals surface area contributed by atoms with Gasteiger partial charge in [0.1, 0.15) is 0 Å². The van der Waals surface area contributed by atoms with Gasteiger partial charge in [0, 0.05) is 21.1 Å². The molecule has 0 unspecified atom stereocenters. The summed E-state index contributed by atoms with van der Waals surface area (Å²) in [7, 11) is 0. The van der Waals surface area contributed by atoms with E-state index in [1.165, 1.54) is 27.8 Å². The molecule has 0 fully saturated rings. The molecule has 1 rings (SSSR count). The Morgan fingerprint density at radius 1 is 0.818 bits per heavy atom. The summed E-state index contributed by atoms with van der Waals surface area (Å²) in [6.45, 7) is 11.0. The molecule has 1 heteroatoms. The monoisotopic (exact) mass is 233 g/mol. The summed E-state index contributed by atoms with van der Waals surface area (Å²) in [5.41, 5.74) is 7.34. The van der Waals surface area contributed by atoms with Crippen LogP contribution in [0.25, 0.3) is 0 Å². The van der Waals surface area contributed by atoms with Gasteiger partial charge in [-0.3, -0.25) is 0 Å². The average Bonchev–Trinajstić information content (AvgIpc) is 2.07. The SMILES string of the molecule is Cc1c(C)c(C)[c-](C)c1C.[Mo]. The zero-order valence-corrected chi connectivity index (χ0v) is 9.92. The van der Waals surface area contributed by atoms with Crippen molar-refractivity contribution in [2.75, 3.05) is 0 Å². The second kappa shape index (κ2) is 3.63. The first-order chi connectivity index (χ1) is 4.55. The van der Waals surface area contributed by atoms with Crippen LogP contribution >= 0.6 is 0 Å². The van der Waals surface area contributed by atoms with E-state index in [2.05, 4.69) is 34.6 Å². The first-order valence-corrected chi connectivity index (χ1v) is 3.75. The second-order valence-corrected chi connectivity index (χ2v) is 3.12. The Kier molecular flexibility index (Phi) is 3.64. The topological polar surface area (TPSA) is 0 Å². The normalized spacial score (nSPS) is 9.55. The predicted molar refractivity (Wildman–Crippen MR) is 45.7 cm³/mol. The van der Waals surface area contributed by atoms with Crippen molar-refractivity contribution in [1.82, 2.24) is 0 Å². The van der Waals surface area contributed by atoms with E-state index in [-0.39, 0.29) is 21.1 Å². The van der Waals surface area contributed by atoms with Gasteiger partial charge in [0.05, 0.1) is 0 Å². The minimum absolute atomic E-state index is 0. The molecular formula is C10H15Mo-. The van der Waals surface area contributed by atoms with Crippen LogP contribution in [0.5, 0.6) is 0 Å². The van der Waals surface area contributed by atoms with Crippen LogP contribution in [0.2, 0.25) is 0 Å². The van der Waals surface area contributed by atoms with Gasteiger partial charge in [-0.25, -0.2) is 0 Å². The molecule has 0 saturated carbocycles. The molecular weight excluding hydrogens is 216 g/mol. The first-order valence-electron chi connectivity index (χ1n) is 3.75. The van der Waals surface area contributed by atoms with Gasteiger partial charge in [-0.15, -0.1) is 0 Å². The van der Waals surface area contributed by atoms with E-state index >= 15 is 0 Å². The molecule has 0 saturated heterocycles. The third-order valence-corrected chi connectivity index (χ3v) is 2.81. The molecule has 0 heterocycles. The van der Waals surface area contributed by atoms with Crippen LogP contribution in [0.3, 0.4) is 0 Å². The first kappa shape index (κ1) is 11.0. The summed E-state index contributed by atoms with van der Waals surface area (Å²) in [5, 5.41) is 0.